The van der Waals surface area contributed by atoms with Gasteiger partial charge >= 0.3 is 0 Å². The van der Waals surface area contributed by atoms with Crippen molar-refractivity contribution in [3.63, 3.8) is 0 Å². The maximum atomic E-state index is 11.5. The zero-order valence-electron chi connectivity index (χ0n) is 9.58. The van der Waals surface area contributed by atoms with Crippen LogP contribution in [0.25, 0.3) is 0 Å². The van der Waals surface area contributed by atoms with Crippen molar-refractivity contribution in [1.82, 2.24) is 4.72 Å². The molecule has 17 heavy (non-hydrogen) atoms. The number of sulfonamides is 1. The van der Waals surface area contributed by atoms with Crippen LogP contribution in [0.5, 0.6) is 0 Å². The Kier molecular flexibility index (Phi) is 4.19. The highest BCUT2D eigenvalue weighted by Gasteiger charge is 2.14. The zero-order valence-corrected chi connectivity index (χ0v) is 10.4. The molecule has 1 aromatic rings. The van der Waals surface area contributed by atoms with Gasteiger partial charge in [-0.25, -0.2) is 13.1 Å². The van der Waals surface area contributed by atoms with Crippen LogP contribution < -0.4 is 4.72 Å². The van der Waals surface area contributed by atoms with E-state index in [0.717, 1.165) is 0 Å². The van der Waals surface area contributed by atoms with E-state index >= 15 is 0 Å². The fourth-order valence-corrected chi connectivity index (χ4v) is 1.79. The summed E-state index contributed by atoms with van der Waals surface area (Å²) in [5.74, 6) is 0. The molecule has 0 aliphatic rings. The average molecular weight is 258 g/mol. The van der Waals surface area contributed by atoms with E-state index in [1.807, 2.05) is 0 Å². The normalized spacial score (nSPS) is 11.7. The van der Waals surface area contributed by atoms with Crippen molar-refractivity contribution in [3.8, 4) is 0 Å². The number of rotatable bonds is 5. The number of benzene rings is 1. The lowest BCUT2D eigenvalue weighted by atomic mass is 10.2. The molecular formula is C10H14N2O4S. The molecule has 0 fully saturated rings. The third-order valence-electron chi connectivity index (χ3n) is 2.25. The third kappa shape index (κ3) is 3.79. The van der Waals surface area contributed by atoms with Gasteiger partial charge in [-0.05, 0) is 19.4 Å². The number of hydrogen-bond acceptors (Lipinski definition) is 4. The van der Waals surface area contributed by atoms with Crippen molar-refractivity contribution >= 4 is 15.7 Å². The third-order valence-corrected chi connectivity index (χ3v) is 4.03. The zero-order chi connectivity index (χ0) is 13.1. The molecule has 7 heteroatoms. The van der Waals surface area contributed by atoms with Crippen LogP contribution in [-0.4, -0.2) is 18.6 Å². The number of nitrogens with one attached hydrogen (secondary N) is 1. The molecule has 0 atom stereocenters. The van der Waals surface area contributed by atoms with Crippen LogP contribution in [0.3, 0.4) is 0 Å². The van der Waals surface area contributed by atoms with Gasteiger partial charge in [0.05, 0.1) is 10.2 Å². The molecule has 0 amide bonds. The number of nitro benzene ring substituents is 1. The number of nitrogens with zero attached hydrogens (tertiary/aromatic N) is 1. The Labute approximate surface area is 99.9 Å². The first-order valence-corrected chi connectivity index (χ1v) is 6.59. The maximum Gasteiger partial charge on any atom is 0.269 e. The van der Waals surface area contributed by atoms with Gasteiger partial charge in [0.25, 0.3) is 5.69 Å². The van der Waals surface area contributed by atoms with E-state index in [1.165, 1.54) is 24.3 Å². The van der Waals surface area contributed by atoms with E-state index in [-0.39, 0.29) is 12.2 Å². The van der Waals surface area contributed by atoms with E-state index in [4.69, 9.17) is 0 Å². The molecule has 0 bridgehead atoms. The summed E-state index contributed by atoms with van der Waals surface area (Å²) in [6.07, 6.45) is 0. The second-order valence-electron chi connectivity index (χ2n) is 3.84. The standard InChI is InChI=1S/C10H14N2O4S/c1-8(2)17(15,16)11-7-9-3-5-10(6-4-9)12(13)14/h3-6,8,11H,7H2,1-2H3. The predicted octanol–water partition coefficient (Wildman–Crippen LogP) is 1.42. The summed E-state index contributed by atoms with van der Waals surface area (Å²) in [6.45, 7) is 3.30. The van der Waals surface area contributed by atoms with Gasteiger partial charge in [0.2, 0.25) is 10.0 Å². The largest absolute Gasteiger partial charge is 0.269 e. The topological polar surface area (TPSA) is 89.3 Å². The molecular weight excluding hydrogens is 244 g/mol. The molecule has 1 N–H and O–H groups in total. The van der Waals surface area contributed by atoms with Gasteiger partial charge in [-0.2, -0.15) is 0 Å². The summed E-state index contributed by atoms with van der Waals surface area (Å²) in [5.41, 5.74) is 0.667. The Morgan fingerprint density at radius 2 is 1.82 bits per heavy atom. The van der Waals surface area contributed by atoms with E-state index in [9.17, 15) is 18.5 Å². The number of nitro groups is 1. The summed E-state index contributed by atoms with van der Waals surface area (Å²) in [7, 11) is -3.31. The van der Waals surface area contributed by atoms with Crippen molar-refractivity contribution in [2.24, 2.45) is 0 Å². The van der Waals surface area contributed by atoms with Crippen LogP contribution in [0, 0.1) is 10.1 Å². The molecule has 0 saturated heterocycles. The lowest BCUT2D eigenvalue weighted by molar-refractivity contribution is -0.384. The summed E-state index contributed by atoms with van der Waals surface area (Å²) >= 11 is 0. The van der Waals surface area contributed by atoms with E-state index in [0.29, 0.717) is 5.56 Å². The van der Waals surface area contributed by atoms with Crippen LogP contribution in [0.2, 0.25) is 0 Å². The maximum absolute atomic E-state index is 11.5. The average Bonchev–Trinajstić information content (AvgIpc) is 2.27. The highest BCUT2D eigenvalue weighted by molar-refractivity contribution is 7.90. The van der Waals surface area contributed by atoms with Gasteiger partial charge in [0, 0.05) is 18.7 Å². The first-order chi connectivity index (χ1) is 7.83. The molecule has 1 aromatic carbocycles. The number of non-ortho nitro benzene ring substituents is 1. The van der Waals surface area contributed by atoms with Crippen molar-refractivity contribution in [3.05, 3.63) is 39.9 Å². The molecule has 0 aromatic heterocycles. The van der Waals surface area contributed by atoms with Crippen LogP contribution in [0.4, 0.5) is 5.69 Å². The Morgan fingerprint density at radius 3 is 2.24 bits per heavy atom. The second-order valence-corrected chi connectivity index (χ2v) is 6.16. The fourth-order valence-electron chi connectivity index (χ4n) is 1.09. The summed E-state index contributed by atoms with van der Waals surface area (Å²) < 4.78 is 25.3. The van der Waals surface area contributed by atoms with E-state index in [1.54, 1.807) is 13.8 Å². The lowest BCUT2D eigenvalue weighted by Crippen LogP contribution is -2.30. The van der Waals surface area contributed by atoms with Crippen molar-refractivity contribution < 1.29 is 13.3 Å². The molecule has 0 aliphatic carbocycles. The second kappa shape index (κ2) is 5.24. The van der Waals surface area contributed by atoms with Gasteiger partial charge in [-0.1, -0.05) is 12.1 Å². The smallest absolute Gasteiger partial charge is 0.258 e. The van der Waals surface area contributed by atoms with Crippen molar-refractivity contribution in [1.29, 1.82) is 0 Å². The summed E-state index contributed by atoms with van der Waals surface area (Å²) in [6, 6.07) is 5.75. The summed E-state index contributed by atoms with van der Waals surface area (Å²) in [4.78, 5) is 9.91. The first kappa shape index (κ1) is 13.6. The predicted molar refractivity (Wildman–Crippen MR) is 64.0 cm³/mol. The monoisotopic (exact) mass is 258 g/mol. The molecule has 0 unspecified atom stereocenters. The van der Waals surface area contributed by atoms with Gasteiger partial charge in [-0.3, -0.25) is 10.1 Å². The van der Waals surface area contributed by atoms with Crippen molar-refractivity contribution in [2.75, 3.05) is 0 Å². The molecule has 0 aliphatic heterocycles. The van der Waals surface area contributed by atoms with Crippen LogP contribution in [0.15, 0.2) is 24.3 Å². The minimum atomic E-state index is -3.31. The van der Waals surface area contributed by atoms with Crippen LogP contribution in [-0.2, 0) is 16.6 Å². The molecule has 1 rings (SSSR count). The molecule has 6 nitrogen and oxygen atoms in total. The van der Waals surface area contributed by atoms with Crippen LogP contribution in [0.1, 0.15) is 19.4 Å². The lowest BCUT2D eigenvalue weighted by Gasteiger charge is -2.09. The first-order valence-electron chi connectivity index (χ1n) is 5.05. The summed E-state index contributed by atoms with van der Waals surface area (Å²) in [5, 5.41) is 9.91. The molecule has 0 spiro atoms. The highest BCUT2D eigenvalue weighted by Crippen LogP contribution is 2.12. The van der Waals surface area contributed by atoms with Gasteiger partial charge in [-0.15, -0.1) is 0 Å². The Hall–Kier alpha value is -1.47. The fraction of sp³-hybridized carbons (Fsp3) is 0.400. The minimum absolute atomic E-state index is 0.0135. The molecule has 0 radical (unpaired) electrons. The SMILES string of the molecule is CC(C)S(=O)(=O)NCc1ccc([N+](=O)[O-])cc1. The van der Waals surface area contributed by atoms with E-state index < -0.39 is 20.2 Å². The quantitative estimate of drug-likeness (QED) is 0.639. The Balaban J connectivity index is 2.68. The molecule has 0 heterocycles. The van der Waals surface area contributed by atoms with Crippen molar-refractivity contribution in [2.45, 2.75) is 25.6 Å². The van der Waals surface area contributed by atoms with Crippen LogP contribution >= 0.6 is 0 Å². The van der Waals surface area contributed by atoms with Gasteiger partial charge < -0.3 is 0 Å². The Morgan fingerprint density at radius 1 is 1.29 bits per heavy atom. The molecule has 94 valence electrons. The Bertz CT molecular complexity index is 494. The van der Waals surface area contributed by atoms with E-state index in [2.05, 4.69) is 4.72 Å². The number of hydrogen-bond donors (Lipinski definition) is 1. The van der Waals surface area contributed by atoms with Gasteiger partial charge in [0.1, 0.15) is 0 Å². The minimum Gasteiger partial charge on any atom is -0.258 e. The van der Waals surface area contributed by atoms with Gasteiger partial charge in [0.15, 0.2) is 0 Å². The molecule has 0 saturated carbocycles. The highest BCUT2D eigenvalue weighted by atomic mass is 32.2.